The monoisotopic (exact) mass is 408 g/mol. The van der Waals surface area contributed by atoms with E-state index in [0.717, 1.165) is 11.1 Å². The first-order valence-electron chi connectivity index (χ1n) is 9.68. The minimum atomic E-state index is -0.714. The number of carbonyl (C=O) groups is 3. The molecule has 156 valence electrons. The Balaban J connectivity index is 1.93. The molecule has 0 radical (unpaired) electrons. The van der Waals surface area contributed by atoms with Crippen molar-refractivity contribution < 1.29 is 23.9 Å². The van der Waals surface area contributed by atoms with E-state index in [-0.39, 0.29) is 24.5 Å². The molecule has 1 atom stereocenters. The molecule has 1 heterocycles. The number of nitrogens with one attached hydrogen (secondary N) is 2. The third-order valence-corrected chi connectivity index (χ3v) is 4.95. The van der Waals surface area contributed by atoms with Crippen molar-refractivity contribution in [3.63, 3.8) is 0 Å². The van der Waals surface area contributed by atoms with Crippen LogP contribution in [0.3, 0.4) is 0 Å². The highest BCUT2D eigenvalue weighted by molar-refractivity contribution is 5.95. The van der Waals surface area contributed by atoms with E-state index >= 15 is 0 Å². The van der Waals surface area contributed by atoms with Gasteiger partial charge in [0.25, 0.3) is 0 Å². The average Bonchev–Trinajstić information content (AvgIpc) is 2.74. The first-order chi connectivity index (χ1) is 14.4. The molecule has 0 saturated heterocycles. The Morgan fingerprint density at radius 1 is 0.967 bits per heavy atom. The van der Waals surface area contributed by atoms with Gasteiger partial charge < -0.3 is 20.1 Å². The SMILES string of the molecule is CCOC(=O)C1=C(COC(=O)c2cccc(C)c2C)NC(=O)NC1c1ccccc1. The highest BCUT2D eigenvalue weighted by atomic mass is 16.5. The van der Waals surface area contributed by atoms with E-state index in [4.69, 9.17) is 9.47 Å². The first kappa shape index (κ1) is 21.1. The van der Waals surface area contributed by atoms with Crippen LogP contribution in [-0.2, 0) is 14.3 Å². The number of esters is 2. The fraction of sp³-hybridized carbons (Fsp3) is 0.261. The van der Waals surface area contributed by atoms with E-state index in [9.17, 15) is 14.4 Å². The van der Waals surface area contributed by atoms with Gasteiger partial charge in [0.15, 0.2) is 0 Å². The predicted octanol–water partition coefficient (Wildman–Crippen LogP) is 3.33. The minimum Gasteiger partial charge on any atom is -0.463 e. The Morgan fingerprint density at radius 2 is 1.70 bits per heavy atom. The van der Waals surface area contributed by atoms with Gasteiger partial charge in [0.2, 0.25) is 0 Å². The smallest absolute Gasteiger partial charge is 0.338 e. The van der Waals surface area contributed by atoms with Crippen LogP contribution in [0.15, 0.2) is 59.8 Å². The van der Waals surface area contributed by atoms with E-state index in [0.29, 0.717) is 11.1 Å². The Kier molecular flexibility index (Phi) is 6.51. The fourth-order valence-corrected chi connectivity index (χ4v) is 3.26. The van der Waals surface area contributed by atoms with E-state index in [2.05, 4.69) is 10.6 Å². The molecule has 0 saturated carbocycles. The number of urea groups is 1. The van der Waals surface area contributed by atoms with Gasteiger partial charge >= 0.3 is 18.0 Å². The molecular weight excluding hydrogens is 384 g/mol. The number of carbonyl (C=O) groups excluding carboxylic acids is 3. The van der Waals surface area contributed by atoms with Gasteiger partial charge in [-0.1, -0.05) is 42.5 Å². The number of benzene rings is 2. The highest BCUT2D eigenvalue weighted by Crippen LogP contribution is 2.28. The van der Waals surface area contributed by atoms with Crippen LogP contribution in [0.5, 0.6) is 0 Å². The van der Waals surface area contributed by atoms with Crippen LogP contribution in [0.2, 0.25) is 0 Å². The quantitative estimate of drug-likeness (QED) is 0.715. The Bertz CT molecular complexity index is 998. The van der Waals surface area contributed by atoms with Crippen molar-refractivity contribution in [1.82, 2.24) is 10.6 Å². The van der Waals surface area contributed by atoms with Crippen molar-refractivity contribution in [2.45, 2.75) is 26.8 Å². The maximum absolute atomic E-state index is 12.7. The summed E-state index contributed by atoms with van der Waals surface area (Å²) in [5, 5.41) is 5.33. The Morgan fingerprint density at radius 3 is 2.40 bits per heavy atom. The molecule has 2 aromatic rings. The summed E-state index contributed by atoms with van der Waals surface area (Å²) in [6.45, 7) is 5.35. The minimum absolute atomic E-state index is 0.174. The molecule has 30 heavy (non-hydrogen) atoms. The van der Waals surface area contributed by atoms with Gasteiger partial charge in [-0.15, -0.1) is 0 Å². The lowest BCUT2D eigenvalue weighted by molar-refractivity contribution is -0.139. The largest absolute Gasteiger partial charge is 0.463 e. The summed E-state index contributed by atoms with van der Waals surface area (Å²) in [7, 11) is 0. The summed E-state index contributed by atoms with van der Waals surface area (Å²) in [6.07, 6.45) is 0. The fourth-order valence-electron chi connectivity index (χ4n) is 3.26. The zero-order valence-electron chi connectivity index (χ0n) is 17.2. The van der Waals surface area contributed by atoms with Crippen molar-refractivity contribution in [3.8, 4) is 0 Å². The van der Waals surface area contributed by atoms with Gasteiger partial charge in [0.05, 0.1) is 29.5 Å². The van der Waals surface area contributed by atoms with Crippen molar-refractivity contribution in [2.75, 3.05) is 13.2 Å². The second kappa shape index (κ2) is 9.26. The second-order valence-electron chi connectivity index (χ2n) is 6.88. The van der Waals surface area contributed by atoms with Crippen molar-refractivity contribution in [3.05, 3.63) is 82.1 Å². The number of hydrogen-bond donors (Lipinski definition) is 2. The van der Waals surface area contributed by atoms with Gasteiger partial charge in [-0.3, -0.25) is 0 Å². The third kappa shape index (κ3) is 4.51. The summed E-state index contributed by atoms with van der Waals surface area (Å²) < 4.78 is 10.6. The average molecular weight is 408 g/mol. The molecule has 1 aliphatic rings. The summed E-state index contributed by atoms with van der Waals surface area (Å²) >= 11 is 0. The molecule has 1 unspecified atom stereocenters. The van der Waals surface area contributed by atoms with Crippen LogP contribution in [0.4, 0.5) is 4.79 Å². The number of ether oxygens (including phenoxy) is 2. The van der Waals surface area contributed by atoms with Crippen molar-refractivity contribution >= 4 is 18.0 Å². The summed E-state index contributed by atoms with van der Waals surface area (Å²) in [5.74, 6) is -1.12. The molecular formula is C23H24N2O5. The molecule has 0 bridgehead atoms. The molecule has 7 nitrogen and oxygen atoms in total. The van der Waals surface area contributed by atoms with E-state index < -0.39 is 24.0 Å². The van der Waals surface area contributed by atoms with Crippen LogP contribution in [0.25, 0.3) is 0 Å². The van der Waals surface area contributed by atoms with Crippen LogP contribution in [0.1, 0.15) is 40.0 Å². The first-order valence-corrected chi connectivity index (χ1v) is 9.68. The lowest BCUT2D eigenvalue weighted by Gasteiger charge is -2.29. The number of rotatable bonds is 6. The molecule has 2 N–H and O–H groups in total. The van der Waals surface area contributed by atoms with Crippen LogP contribution < -0.4 is 10.6 Å². The van der Waals surface area contributed by atoms with Gasteiger partial charge in [-0.25, -0.2) is 14.4 Å². The normalized spacial score (nSPS) is 15.8. The molecule has 0 aromatic heterocycles. The van der Waals surface area contributed by atoms with E-state index in [1.165, 1.54) is 0 Å². The topological polar surface area (TPSA) is 93.7 Å². The Hall–Kier alpha value is -3.61. The maximum Gasteiger partial charge on any atom is 0.338 e. The molecule has 2 amide bonds. The molecule has 0 spiro atoms. The third-order valence-electron chi connectivity index (χ3n) is 4.95. The summed E-state index contributed by atoms with van der Waals surface area (Å²) in [4.78, 5) is 37.6. The molecule has 3 rings (SSSR count). The van der Waals surface area contributed by atoms with Crippen molar-refractivity contribution in [2.24, 2.45) is 0 Å². The molecule has 2 aromatic carbocycles. The van der Waals surface area contributed by atoms with Crippen LogP contribution in [-0.4, -0.2) is 31.2 Å². The molecule has 0 aliphatic carbocycles. The van der Waals surface area contributed by atoms with Crippen molar-refractivity contribution in [1.29, 1.82) is 0 Å². The number of hydrogen-bond acceptors (Lipinski definition) is 5. The number of amides is 2. The molecule has 0 fully saturated rings. The van der Waals surface area contributed by atoms with Gasteiger partial charge in [-0.2, -0.15) is 0 Å². The predicted molar refractivity (Wildman–Crippen MR) is 111 cm³/mol. The zero-order chi connectivity index (χ0) is 21.7. The summed E-state index contributed by atoms with van der Waals surface area (Å²) in [5.41, 5.74) is 3.34. The molecule has 7 heteroatoms. The summed E-state index contributed by atoms with van der Waals surface area (Å²) in [6, 6.07) is 13.2. The highest BCUT2D eigenvalue weighted by Gasteiger charge is 2.34. The zero-order valence-corrected chi connectivity index (χ0v) is 17.2. The van der Waals surface area contributed by atoms with E-state index in [1.807, 2.05) is 38.1 Å². The van der Waals surface area contributed by atoms with Crippen LogP contribution >= 0.6 is 0 Å². The number of aryl methyl sites for hydroxylation is 1. The Labute approximate surface area is 175 Å². The standard InChI is InChI=1S/C23H24N2O5/c1-4-29-22(27)19-18(13-30-21(26)17-12-8-9-14(2)15(17)3)24-23(28)25-20(19)16-10-6-5-7-11-16/h5-12,20H,4,13H2,1-3H3,(H2,24,25,28). The van der Waals surface area contributed by atoms with Gasteiger partial charge in [0, 0.05) is 0 Å². The van der Waals surface area contributed by atoms with Gasteiger partial charge in [-0.05, 0) is 43.5 Å². The maximum atomic E-state index is 12.7. The molecule has 1 aliphatic heterocycles. The lowest BCUT2D eigenvalue weighted by atomic mass is 9.95. The second-order valence-corrected chi connectivity index (χ2v) is 6.88. The lowest BCUT2D eigenvalue weighted by Crippen LogP contribution is -2.47. The van der Waals surface area contributed by atoms with E-state index in [1.54, 1.807) is 31.2 Å². The van der Waals surface area contributed by atoms with Crippen LogP contribution in [0, 0.1) is 13.8 Å². The van der Waals surface area contributed by atoms with Gasteiger partial charge in [0.1, 0.15) is 6.61 Å².